The quantitative estimate of drug-likeness (QED) is 0.323. The SMILES string of the molecule is COc1cc(OC)c(NC(=O)N2Cc3c(sc4c3CCN(C)C4)-n3cccc3[C@@H]2c2ccccc2)cc1Cl. The third kappa shape index (κ3) is 4.22. The summed E-state index contributed by atoms with van der Waals surface area (Å²) in [5.41, 5.74) is 5.19. The summed E-state index contributed by atoms with van der Waals surface area (Å²) in [6.07, 6.45) is 3.09. The molecule has 1 N–H and O–H groups in total. The number of hydrogen-bond donors (Lipinski definition) is 1. The number of anilines is 1. The van der Waals surface area contributed by atoms with Crippen molar-refractivity contribution in [2.45, 2.75) is 25.6 Å². The van der Waals surface area contributed by atoms with Gasteiger partial charge in [0.05, 0.1) is 43.2 Å². The van der Waals surface area contributed by atoms with Crippen LogP contribution in [0.4, 0.5) is 10.5 Å². The van der Waals surface area contributed by atoms with Crippen molar-refractivity contribution in [3.05, 3.63) is 93.1 Å². The van der Waals surface area contributed by atoms with E-state index in [0.717, 1.165) is 30.8 Å². The van der Waals surface area contributed by atoms with Crippen LogP contribution in [-0.2, 0) is 19.5 Å². The van der Waals surface area contributed by atoms with Crippen molar-refractivity contribution >= 4 is 34.7 Å². The number of benzene rings is 2. The highest BCUT2D eigenvalue weighted by Gasteiger charge is 2.36. The van der Waals surface area contributed by atoms with Crippen LogP contribution < -0.4 is 14.8 Å². The minimum absolute atomic E-state index is 0.230. The number of halogens is 1. The van der Waals surface area contributed by atoms with Crippen molar-refractivity contribution in [2.75, 3.05) is 33.1 Å². The predicted octanol–water partition coefficient (Wildman–Crippen LogP) is 6.33. The van der Waals surface area contributed by atoms with Crippen LogP contribution in [0.1, 0.15) is 33.3 Å². The topological polar surface area (TPSA) is 59.0 Å². The van der Waals surface area contributed by atoms with E-state index in [4.69, 9.17) is 21.1 Å². The van der Waals surface area contributed by atoms with Gasteiger partial charge in [-0.25, -0.2) is 4.79 Å². The second-order valence-electron chi connectivity index (χ2n) is 9.64. The Morgan fingerprint density at radius 1 is 1.03 bits per heavy atom. The standard InChI is InChI=1S/C29H29ClN4O3S/c1-32-13-11-19-20-16-34(29(35)31-22-14-21(30)24(36-2)15-25(22)37-3)27(18-8-5-4-6-9-18)23-10-7-12-33(23)28(20)38-26(19)17-32/h4-10,12,14-15,27H,11,13,16-17H2,1-3H3,(H,31,35)/t27-/m0/s1. The largest absolute Gasteiger partial charge is 0.495 e. The molecule has 2 aliphatic heterocycles. The Morgan fingerprint density at radius 3 is 2.58 bits per heavy atom. The Morgan fingerprint density at radius 2 is 1.82 bits per heavy atom. The van der Waals surface area contributed by atoms with Gasteiger partial charge in [-0.2, -0.15) is 0 Å². The predicted molar refractivity (Wildman–Crippen MR) is 151 cm³/mol. The molecule has 0 saturated heterocycles. The molecule has 2 aromatic heterocycles. The van der Waals surface area contributed by atoms with Crippen molar-refractivity contribution in [2.24, 2.45) is 0 Å². The van der Waals surface area contributed by atoms with Gasteiger partial charge in [-0.3, -0.25) is 0 Å². The minimum Gasteiger partial charge on any atom is -0.495 e. The molecular weight excluding hydrogens is 520 g/mol. The zero-order valence-electron chi connectivity index (χ0n) is 21.5. The molecule has 9 heteroatoms. The number of hydrogen-bond acceptors (Lipinski definition) is 5. The molecule has 0 bridgehead atoms. The Kier molecular flexibility index (Phi) is 6.55. The zero-order valence-corrected chi connectivity index (χ0v) is 23.1. The summed E-state index contributed by atoms with van der Waals surface area (Å²) in [5, 5.41) is 4.69. The van der Waals surface area contributed by atoms with Gasteiger partial charge in [0.1, 0.15) is 16.5 Å². The van der Waals surface area contributed by atoms with E-state index in [9.17, 15) is 4.79 Å². The molecule has 2 amide bonds. The van der Waals surface area contributed by atoms with E-state index in [1.807, 2.05) is 34.4 Å². The lowest BCUT2D eigenvalue weighted by molar-refractivity contribution is 0.194. The zero-order chi connectivity index (χ0) is 26.4. The van der Waals surface area contributed by atoms with E-state index in [2.05, 4.69) is 52.3 Å². The summed E-state index contributed by atoms with van der Waals surface area (Å²) in [4.78, 5) is 19.9. The molecule has 0 spiro atoms. The number of methoxy groups -OCH3 is 2. The number of rotatable bonds is 4. The van der Waals surface area contributed by atoms with Crippen LogP contribution in [-0.4, -0.2) is 48.2 Å². The molecule has 4 heterocycles. The summed E-state index contributed by atoms with van der Waals surface area (Å²) >= 11 is 8.26. The lowest BCUT2D eigenvalue weighted by atomic mass is 10.0. The first kappa shape index (κ1) is 24.9. The molecule has 1 atom stereocenters. The number of aromatic nitrogens is 1. The number of nitrogens with zero attached hydrogens (tertiary/aromatic N) is 3. The second kappa shape index (κ2) is 10.0. The molecule has 2 aromatic carbocycles. The van der Waals surface area contributed by atoms with E-state index in [1.54, 1.807) is 26.4 Å². The summed E-state index contributed by atoms with van der Waals surface area (Å²) in [7, 11) is 5.27. The molecule has 0 saturated carbocycles. The third-order valence-electron chi connectivity index (χ3n) is 7.35. The average molecular weight is 549 g/mol. The van der Waals surface area contributed by atoms with Crippen molar-refractivity contribution in [3.8, 4) is 16.5 Å². The van der Waals surface area contributed by atoms with Crippen LogP contribution in [0.2, 0.25) is 5.02 Å². The van der Waals surface area contributed by atoms with E-state index < -0.39 is 0 Å². The van der Waals surface area contributed by atoms with E-state index in [-0.39, 0.29) is 12.1 Å². The molecular formula is C29H29ClN4O3S. The summed E-state index contributed by atoms with van der Waals surface area (Å²) in [6.45, 7) is 2.42. The fourth-order valence-corrected chi connectivity index (χ4v) is 7.17. The summed E-state index contributed by atoms with van der Waals surface area (Å²) in [6, 6.07) is 17.2. The lowest BCUT2D eigenvalue weighted by Crippen LogP contribution is -2.38. The highest BCUT2D eigenvalue weighted by atomic mass is 35.5. The maximum absolute atomic E-state index is 14.2. The fourth-order valence-electron chi connectivity index (χ4n) is 5.48. The van der Waals surface area contributed by atoms with Gasteiger partial charge in [-0.05, 0) is 42.8 Å². The molecule has 0 radical (unpaired) electrons. The van der Waals surface area contributed by atoms with Gasteiger partial charge < -0.3 is 29.2 Å². The van der Waals surface area contributed by atoms with Crippen LogP contribution in [0.5, 0.6) is 11.5 Å². The first-order valence-electron chi connectivity index (χ1n) is 12.5. The maximum Gasteiger partial charge on any atom is 0.323 e. The number of nitrogens with one attached hydrogen (secondary N) is 1. The Labute approximate surface area is 231 Å². The molecule has 196 valence electrons. The van der Waals surface area contributed by atoms with Crippen molar-refractivity contribution in [3.63, 3.8) is 0 Å². The number of carbonyl (C=O) groups is 1. The number of urea groups is 1. The van der Waals surface area contributed by atoms with Gasteiger partial charge in [-0.1, -0.05) is 41.9 Å². The van der Waals surface area contributed by atoms with Gasteiger partial charge in [0.15, 0.2) is 0 Å². The Hall–Kier alpha value is -3.46. The molecule has 2 aliphatic rings. The molecule has 6 rings (SSSR count). The number of ether oxygens (including phenoxy) is 2. The van der Waals surface area contributed by atoms with E-state index >= 15 is 0 Å². The Bertz CT molecular complexity index is 1500. The van der Waals surface area contributed by atoms with Crippen LogP contribution in [0.15, 0.2) is 60.8 Å². The lowest BCUT2D eigenvalue weighted by Gasteiger charge is -2.32. The Balaban J connectivity index is 1.47. The van der Waals surface area contributed by atoms with Gasteiger partial charge in [0, 0.05) is 35.8 Å². The number of amides is 2. The molecule has 7 nitrogen and oxygen atoms in total. The van der Waals surface area contributed by atoms with E-state index in [1.165, 1.54) is 21.0 Å². The van der Waals surface area contributed by atoms with Crippen molar-refractivity contribution in [1.29, 1.82) is 0 Å². The number of likely N-dealkylation sites (N-methyl/N-ethyl adjacent to an activating group) is 1. The van der Waals surface area contributed by atoms with Crippen LogP contribution >= 0.6 is 22.9 Å². The highest BCUT2D eigenvalue weighted by Crippen LogP contribution is 2.44. The van der Waals surface area contributed by atoms with E-state index in [0.29, 0.717) is 28.8 Å². The number of fused-ring (bicyclic) bond motifs is 5. The van der Waals surface area contributed by atoms with Gasteiger partial charge in [0.25, 0.3) is 0 Å². The average Bonchev–Trinajstić information content (AvgIpc) is 3.50. The summed E-state index contributed by atoms with van der Waals surface area (Å²) in [5.74, 6) is 0.960. The van der Waals surface area contributed by atoms with Gasteiger partial charge in [0.2, 0.25) is 0 Å². The monoisotopic (exact) mass is 548 g/mol. The molecule has 0 aliphatic carbocycles. The first-order valence-corrected chi connectivity index (χ1v) is 13.7. The highest BCUT2D eigenvalue weighted by molar-refractivity contribution is 7.15. The minimum atomic E-state index is -0.285. The number of carbonyl (C=O) groups excluding carboxylic acids is 1. The number of thiophene rings is 1. The molecule has 38 heavy (non-hydrogen) atoms. The molecule has 4 aromatic rings. The van der Waals surface area contributed by atoms with Crippen molar-refractivity contribution in [1.82, 2.24) is 14.4 Å². The molecule has 0 fully saturated rings. The van der Waals surface area contributed by atoms with Gasteiger partial charge >= 0.3 is 6.03 Å². The maximum atomic E-state index is 14.2. The van der Waals surface area contributed by atoms with Crippen molar-refractivity contribution < 1.29 is 14.3 Å². The first-order chi connectivity index (χ1) is 18.5. The van der Waals surface area contributed by atoms with Gasteiger partial charge in [-0.15, -0.1) is 11.3 Å². The third-order valence-corrected chi connectivity index (χ3v) is 8.90. The molecule has 0 unspecified atom stereocenters. The van der Waals surface area contributed by atoms with Crippen LogP contribution in [0.3, 0.4) is 0 Å². The summed E-state index contributed by atoms with van der Waals surface area (Å²) < 4.78 is 13.2. The fraction of sp³-hybridized carbons (Fsp3) is 0.276. The smallest absolute Gasteiger partial charge is 0.323 e. The normalized spacial score (nSPS) is 16.7. The van der Waals surface area contributed by atoms with Crippen LogP contribution in [0, 0.1) is 0 Å². The second-order valence-corrected chi connectivity index (χ2v) is 11.1. The van der Waals surface area contributed by atoms with Crippen LogP contribution in [0.25, 0.3) is 5.00 Å².